The van der Waals surface area contributed by atoms with E-state index in [-0.39, 0.29) is 11.1 Å². The third kappa shape index (κ3) is 3.12. The van der Waals surface area contributed by atoms with Crippen LogP contribution in [0.25, 0.3) is 0 Å². The summed E-state index contributed by atoms with van der Waals surface area (Å²) in [5.74, 6) is 0. The minimum atomic E-state index is -0.392. The largest absolute Gasteiger partial charge is 0.393 e. The van der Waals surface area contributed by atoms with Crippen LogP contribution in [0.3, 0.4) is 0 Å². The van der Waals surface area contributed by atoms with Crippen LogP contribution in [-0.2, 0) is 6.42 Å². The van der Waals surface area contributed by atoms with Gasteiger partial charge in [-0.3, -0.25) is 10.1 Å². The maximum atomic E-state index is 10.3. The lowest BCUT2D eigenvalue weighted by Gasteiger charge is -1.99. The van der Waals surface area contributed by atoms with E-state index in [1.54, 1.807) is 13.0 Å². The van der Waals surface area contributed by atoms with Crippen molar-refractivity contribution in [3.05, 3.63) is 27.1 Å². The highest BCUT2D eigenvalue weighted by Gasteiger charge is 2.09. The van der Waals surface area contributed by atoms with Crippen LogP contribution in [0.4, 0.5) is 5.00 Å². The molecule has 0 saturated heterocycles. The molecule has 13 heavy (non-hydrogen) atoms. The zero-order chi connectivity index (χ0) is 9.84. The summed E-state index contributed by atoms with van der Waals surface area (Å²) in [6.07, 6.45) is 1.01. The molecule has 0 saturated carbocycles. The van der Waals surface area contributed by atoms with Crippen molar-refractivity contribution >= 4 is 16.3 Å². The van der Waals surface area contributed by atoms with Gasteiger partial charge in [0, 0.05) is 10.9 Å². The van der Waals surface area contributed by atoms with Crippen molar-refractivity contribution in [2.24, 2.45) is 0 Å². The summed E-state index contributed by atoms with van der Waals surface area (Å²) in [5, 5.41) is 19.5. The number of aliphatic hydroxyl groups is 1. The fraction of sp³-hybridized carbons (Fsp3) is 0.500. The van der Waals surface area contributed by atoms with Crippen LogP contribution in [-0.4, -0.2) is 16.1 Å². The van der Waals surface area contributed by atoms with Gasteiger partial charge in [-0.15, -0.1) is 0 Å². The summed E-state index contributed by atoms with van der Waals surface area (Å²) >= 11 is 1.17. The third-order valence-electron chi connectivity index (χ3n) is 1.64. The molecule has 72 valence electrons. The summed E-state index contributed by atoms with van der Waals surface area (Å²) < 4.78 is 0. The van der Waals surface area contributed by atoms with Crippen LogP contribution in [0.1, 0.15) is 18.2 Å². The van der Waals surface area contributed by atoms with Crippen molar-refractivity contribution in [1.29, 1.82) is 0 Å². The molecule has 0 fully saturated rings. The Morgan fingerprint density at radius 2 is 2.38 bits per heavy atom. The van der Waals surface area contributed by atoms with Gasteiger partial charge in [-0.05, 0) is 25.8 Å². The lowest BCUT2D eigenvalue weighted by Crippen LogP contribution is -1.99. The van der Waals surface area contributed by atoms with Gasteiger partial charge in [0.15, 0.2) is 0 Å². The summed E-state index contributed by atoms with van der Waals surface area (Å²) in [7, 11) is 0. The standard InChI is InChI=1S/C8H11NO3S/c1-6(10)2-3-7-4-5-8(13-7)9(11)12/h4-6,10H,2-3H2,1H3. The molecule has 0 bridgehead atoms. The molecule has 1 aromatic rings. The van der Waals surface area contributed by atoms with E-state index in [1.165, 1.54) is 17.4 Å². The van der Waals surface area contributed by atoms with E-state index in [2.05, 4.69) is 0 Å². The maximum Gasteiger partial charge on any atom is 0.324 e. The monoisotopic (exact) mass is 201 g/mol. The Labute approximate surface area is 80.0 Å². The van der Waals surface area contributed by atoms with Crippen molar-refractivity contribution in [3.8, 4) is 0 Å². The number of hydrogen-bond donors (Lipinski definition) is 1. The summed E-state index contributed by atoms with van der Waals surface area (Å²) in [4.78, 5) is 10.9. The predicted octanol–water partition coefficient (Wildman–Crippen LogP) is 1.97. The second kappa shape index (κ2) is 4.34. The number of nitrogens with zero attached hydrogens (tertiary/aromatic N) is 1. The molecule has 1 aromatic heterocycles. The minimum absolute atomic E-state index is 0.167. The molecule has 0 aliphatic rings. The predicted molar refractivity (Wildman–Crippen MR) is 51.0 cm³/mol. The molecule has 1 heterocycles. The second-order valence-corrected chi connectivity index (χ2v) is 4.03. The molecule has 0 aromatic carbocycles. The van der Waals surface area contributed by atoms with Crippen LogP contribution in [0.5, 0.6) is 0 Å². The van der Waals surface area contributed by atoms with Gasteiger partial charge < -0.3 is 5.11 Å². The molecule has 0 amide bonds. The zero-order valence-electron chi connectivity index (χ0n) is 7.27. The molecule has 1 rings (SSSR count). The van der Waals surface area contributed by atoms with E-state index in [4.69, 9.17) is 5.11 Å². The Morgan fingerprint density at radius 3 is 2.85 bits per heavy atom. The van der Waals surface area contributed by atoms with Crippen molar-refractivity contribution in [1.82, 2.24) is 0 Å². The number of aryl methyl sites for hydroxylation is 1. The normalized spacial score (nSPS) is 12.8. The zero-order valence-corrected chi connectivity index (χ0v) is 8.08. The van der Waals surface area contributed by atoms with Gasteiger partial charge in [-0.25, -0.2) is 0 Å². The van der Waals surface area contributed by atoms with E-state index < -0.39 is 4.92 Å². The summed E-state index contributed by atoms with van der Waals surface area (Å²) in [5.41, 5.74) is 0. The fourth-order valence-corrected chi connectivity index (χ4v) is 1.79. The van der Waals surface area contributed by atoms with Gasteiger partial charge in [0.1, 0.15) is 0 Å². The lowest BCUT2D eigenvalue weighted by molar-refractivity contribution is -0.380. The van der Waals surface area contributed by atoms with E-state index in [0.29, 0.717) is 12.8 Å². The number of aliphatic hydroxyl groups excluding tert-OH is 1. The summed E-state index contributed by atoms with van der Waals surface area (Å²) in [6, 6.07) is 3.24. The van der Waals surface area contributed by atoms with Crippen molar-refractivity contribution < 1.29 is 10.0 Å². The Hall–Kier alpha value is -0.940. The van der Waals surface area contributed by atoms with Crippen molar-refractivity contribution in [2.45, 2.75) is 25.9 Å². The third-order valence-corrected chi connectivity index (χ3v) is 2.73. The molecule has 4 nitrogen and oxygen atoms in total. The minimum Gasteiger partial charge on any atom is -0.393 e. The molecule has 0 spiro atoms. The highest BCUT2D eigenvalue weighted by atomic mass is 32.1. The molecule has 0 aliphatic heterocycles. The topological polar surface area (TPSA) is 63.4 Å². The molecular formula is C8H11NO3S. The molecule has 0 radical (unpaired) electrons. The number of nitro groups is 1. The fourth-order valence-electron chi connectivity index (χ4n) is 0.950. The summed E-state index contributed by atoms with van der Waals surface area (Å²) in [6.45, 7) is 1.71. The second-order valence-electron chi connectivity index (χ2n) is 2.88. The first-order valence-electron chi connectivity index (χ1n) is 4.01. The molecule has 1 unspecified atom stereocenters. The first-order valence-corrected chi connectivity index (χ1v) is 4.82. The molecule has 5 heteroatoms. The van der Waals surface area contributed by atoms with E-state index >= 15 is 0 Å². The quantitative estimate of drug-likeness (QED) is 0.598. The highest BCUT2D eigenvalue weighted by molar-refractivity contribution is 7.15. The van der Waals surface area contributed by atoms with E-state index in [9.17, 15) is 10.1 Å². The number of rotatable bonds is 4. The first kappa shape index (κ1) is 10.1. The molecular weight excluding hydrogens is 190 g/mol. The SMILES string of the molecule is CC(O)CCc1ccc([N+](=O)[O-])s1. The maximum absolute atomic E-state index is 10.3. The number of thiophene rings is 1. The first-order chi connectivity index (χ1) is 6.09. The van der Waals surface area contributed by atoms with Gasteiger partial charge in [0.2, 0.25) is 0 Å². The van der Waals surface area contributed by atoms with Gasteiger partial charge in [0.05, 0.1) is 11.0 Å². The Balaban J connectivity index is 2.54. The van der Waals surface area contributed by atoms with Gasteiger partial charge in [-0.2, -0.15) is 0 Å². The van der Waals surface area contributed by atoms with Crippen LogP contribution in [0, 0.1) is 10.1 Å². The Bertz CT molecular complexity index is 295. The van der Waals surface area contributed by atoms with Crippen LogP contribution < -0.4 is 0 Å². The van der Waals surface area contributed by atoms with Gasteiger partial charge in [0.25, 0.3) is 0 Å². The molecule has 1 N–H and O–H groups in total. The molecule has 1 atom stereocenters. The van der Waals surface area contributed by atoms with Gasteiger partial charge in [-0.1, -0.05) is 11.3 Å². The highest BCUT2D eigenvalue weighted by Crippen LogP contribution is 2.24. The number of hydrogen-bond acceptors (Lipinski definition) is 4. The van der Waals surface area contributed by atoms with Crippen molar-refractivity contribution in [3.63, 3.8) is 0 Å². The Morgan fingerprint density at radius 1 is 1.69 bits per heavy atom. The smallest absolute Gasteiger partial charge is 0.324 e. The molecule has 0 aliphatic carbocycles. The average Bonchev–Trinajstić information content (AvgIpc) is 2.48. The Kier molecular flexibility index (Phi) is 3.39. The van der Waals surface area contributed by atoms with E-state index in [0.717, 1.165) is 4.88 Å². The van der Waals surface area contributed by atoms with Gasteiger partial charge >= 0.3 is 5.00 Å². The lowest BCUT2D eigenvalue weighted by atomic mass is 10.2. The van der Waals surface area contributed by atoms with Crippen LogP contribution in [0.15, 0.2) is 12.1 Å². The van der Waals surface area contributed by atoms with Crippen molar-refractivity contribution in [2.75, 3.05) is 0 Å². The van der Waals surface area contributed by atoms with Crippen LogP contribution >= 0.6 is 11.3 Å². The van der Waals surface area contributed by atoms with E-state index in [1.807, 2.05) is 0 Å². The van der Waals surface area contributed by atoms with Crippen LogP contribution in [0.2, 0.25) is 0 Å². The average molecular weight is 201 g/mol.